The number of hydrogen-bond donors (Lipinski definition) is 1. The van der Waals surface area contributed by atoms with Crippen LogP contribution in [0.5, 0.6) is 0 Å². The van der Waals surface area contributed by atoms with E-state index in [1.54, 1.807) is 0 Å². The molecule has 1 fully saturated rings. The molecule has 1 amide bonds. The van der Waals surface area contributed by atoms with Gasteiger partial charge in [-0.25, -0.2) is 0 Å². The molecule has 3 rings (SSSR count). The lowest BCUT2D eigenvalue weighted by Gasteiger charge is -2.22. The molecule has 1 aliphatic rings. The molecule has 1 aliphatic heterocycles. The van der Waals surface area contributed by atoms with Crippen molar-refractivity contribution in [2.24, 2.45) is 0 Å². The molecule has 24 heavy (non-hydrogen) atoms. The van der Waals surface area contributed by atoms with Gasteiger partial charge in [-0.2, -0.15) is 0 Å². The Kier molecular flexibility index (Phi) is 5.59. The number of carbonyl (C=O) groups excluding carboxylic acids is 1. The Labute approximate surface area is 142 Å². The summed E-state index contributed by atoms with van der Waals surface area (Å²) < 4.78 is 5.62. The molecule has 1 N–H and O–H groups in total. The second kappa shape index (κ2) is 8.06. The molecule has 2 aromatic rings. The van der Waals surface area contributed by atoms with E-state index in [2.05, 4.69) is 27.3 Å². The fourth-order valence-corrected chi connectivity index (χ4v) is 3.14. The molecule has 0 saturated carbocycles. The fraction of sp³-hybridized carbons (Fsp3) is 0.500. The van der Waals surface area contributed by atoms with Gasteiger partial charge in [0.05, 0.1) is 0 Å². The van der Waals surface area contributed by atoms with Gasteiger partial charge in [0.25, 0.3) is 0 Å². The van der Waals surface area contributed by atoms with E-state index in [1.165, 1.54) is 6.42 Å². The van der Waals surface area contributed by atoms with Gasteiger partial charge in [0.15, 0.2) is 0 Å². The summed E-state index contributed by atoms with van der Waals surface area (Å²) in [6.07, 6.45) is 3.22. The molecular weight excluding hydrogens is 304 g/mol. The van der Waals surface area contributed by atoms with Crippen LogP contribution in [0.15, 0.2) is 34.7 Å². The first-order valence-corrected chi connectivity index (χ1v) is 8.65. The molecule has 1 aromatic carbocycles. The Morgan fingerprint density at radius 2 is 2.17 bits per heavy atom. The molecule has 128 valence electrons. The molecule has 0 radical (unpaired) electrons. The molecule has 2 heterocycles. The van der Waals surface area contributed by atoms with E-state index in [0.717, 1.165) is 31.6 Å². The zero-order valence-corrected chi connectivity index (χ0v) is 14.1. The first kappa shape index (κ1) is 16.6. The number of amides is 1. The predicted octanol–water partition coefficient (Wildman–Crippen LogP) is 2.27. The van der Waals surface area contributed by atoms with Gasteiger partial charge in [0, 0.05) is 31.0 Å². The van der Waals surface area contributed by atoms with E-state index in [9.17, 15) is 4.79 Å². The van der Waals surface area contributed by atoms with Crippen LogP contribution in [0.4, 0.5) is 0 Å². The van der Waals surface area contributed by atoms with E-state index in [4.69, 9.17) is 4.42 Å². The van der Waals surface area contributed by atoms with Gasteiger partial charge < -0.3 is 9.73 Å². The molecule has 0 spiro atoms. The molecule has 1 atom stereocenters. The van der Waals surface area contributed by atoms with Crippen molar-refractivity contribution in [2.45, 2.75) is 38.6 Å². The average Bonchev–Trinajstić information content (AvgIpc) is 3.28. The molecule has 1 aromatic heterocycles. The second-order valence-corrected chi connectivity index (χ2v) is 6.10. The lowest BCUT2D eigenvalue weighted by Crippen LogP contribution is -2.40. The van der Waals surface area contributed by atoms with Crippen LogP contribution in [0.25, 0.3) is 11.5 Å². The zero-order chi connectivity index (χ0) is 16.8. The molecule has 0 aliphatic carbocycles. The number of nitrogens with zero attached hydrogens (tertiary/aromatic N) is 3. The van der Waals surface area contributed by atoms with Gasteiger partial charge in [-0.1, -0.05) is 25.1 Å². The summed E-state index contributed by atoms with van der Waals surface area (Å²) in [5.74, 6) is 1.04. The zero-order valence-electron chi connectivity index (χ0n) is 14.1. The summed E-state index contributed by atoms with van der Waals surface area (Å²) in [5.41, 5.74) is 0.890. The SMILES string of the molecule is CCN1CCC[C@@H]1CNC(=O)CCc1nnc(-c2ccccc2)o1. The van der Waals surface area contributed by atoms with Crippen molar-refractivity contribution in [3.8, 4) is 11.5 Å². The molecule has 0 bridgehead atoms. The average molecular weight is 328 g/mol. The first-order valence-electron chi connectivity index (χ1n) is 8.65. The lowest BCUT2D eigenvalue weighted by molar-refractivity contribution is -0.121. The normalized spacial score (nSPS) is 18.0. The van der Waals surface area contributed by atoms with Crippen molar-refractivity contribution < 1.29 is 9.21 Å². The van der Waals surface area contributed by atoms with Crippen LogP contribution in [0.3, 0.4) is 0 Å². The summed E-state index contributed by atoms with van der Waals surface area (Å²) in [5, 5.41) is 11.1. The Morgan fingerprint density at radius 1 is 1.33 bits per heavy atom. The summed E-state index contributed by atoms with van der Waals surface area (Å²) in [4.78, 5) is 14.4. The minimum absolute atomic E-state index is 0.0393. The van der Waals surface area contributed by atoms with Crippen LogP contribution in [0.2, 0.25) is 0 Å². The van der Waals surface area contributed by atoms with Crippen molar-refractivity contribution in [1.29, 1.82) is 0 Å². The molecule has 6 nitrogen and oxygen atoms in total. The smallest absolute Gasteiger partial charge is 0.247 e. The largest absolute Gasteiger partial charge is 0.421 e. The maximum atomic E-state index is 12.0. The summed E-state index contributed by atoms with van der Waals surface area (Å²) in [7, 11) is 0. The number of nitrogens with one attached hydrogen (secondary N) is 1. The van der Waals surface area contributed by atoms with Crippen molar-refractivity contribution >= 4 is 5.91 Å². The first-order chi connectivity index (χ1) is 11.8. The van der Waals surface area contributed by atoms with Crippen LogP contribution < -0.4 is 5.32 Å². The minimum atomic E-state index is 0.0393. The maximum Gasteiger partial charge on any atom is 0.247 e. The van der Waals surface area contributed by atoms with E-state index < -0.39 is 0 Å². The van der Waals surface area contributed by atoms with Crippen LogP contribution in [-0.4, -0.2) is 46.7 Å². The number of aromatic nitrogens is 2. The predicted molar refractivity (Wildman–Crippen MR) is 91.3 cm³/mol. The second-order valence-electron chi connectivity index (χ2n) is 6.10. The number of hydrogen-bond acceptors (Lipinski definition) is 5. The van der Waals surface area contributed by atoms with Gasteiger partial charge >= 0.3 is 0 Å². The lowest BCUT2D eigenvalue weighted by atomic mass is 10.2. The Bertz CT molecular complexity index is 656. The number of likely N-dealkylation sites (tertiary alicyclic amines) is 1. The molecule has 6 heteroatoms. The van der Waals surface area contributed by atoms with Crippen LogP contribution in [0.1, 0.15) is 32.1 Å². The van der Waals surface area contributed by atoms with Crippen LogP contribution in [0, 0.1) is 0 Å². The molecule has 0 unspecified atom stereocenters. The molecular formula is C18H24N4O2. The van der Waals surface area contributed by atoms with Gasteiger partial charge in [-0.05, 0) is 38.1 Å². The number of benzene rings is 1. The van der Waals surface area contributed by atoms with E-state index in [1.807, 2.05) is 30.3 Å². The summed E-state index contributed by atoms with van der Waals surface area (Å²) in [6, 6.07) is 10.1. The Morgan fingerprint density at radius 3 is 2.96 bits per heavy atom. The van der Waals surface area contributed by atoms with Gasteiger partial charge in [0.2, 0.25) is 17.7 Å². The Hall–Kier alpha value is -2.21. The van der Waals surface area contributed by atoms with E-state index in [0.29, 0.717) is 30.7 Å². The van der Waals surface area contributed by atoms with Gasteiger partial charge in [-0.3, -0.25) is 9.69 Å². The Balaban J connectivity index is 1.44. The van der Waals surface area contributed by atoms with Crippen LogP contribution >= 0.6 is 0 Å². The standard InChI is InChI=1S/C18H24N4O2/c1-2-22-12-6-9-15(22)13-19-16(23)10-11-17-20-21-18(24-17)14-7-4-3-5-8-14/h3-5,7-8,15H,2,6,9-13H2,1H3,(H,19,23)/t15-/m1/s1. The van der Waals surface area contributed by atoms with Crippen molar-refractivity contribution in [1.82, 2.24) is 20.4 Å². The van der Waals surface area contributed by atoms with E-state index in [-0.39, 0.29) is 5.91 Å². The third-order valence-electron chi connectivity index (χ3n) is 4.49. The van der Waals surface area contributed by atoms with Crippen molar-refractivity contribution in [3.05, 3.63) is 36.2 Å². The highest BCUT2D eigenvalue weighted by molar-refractivity contribution is 5.76. The van der Waals surface area contributed by atoms with Crippen molar-refractivity contribution in [2.75, 3.05) is 19.6 Å². The number of carbonyl (C=O) groups is 1. The third-order valence-corrected chi connectivity index (χ3v) is 4.49. The summed E-state index contributed by atoms with van der Waals surface area (Å²) >= 11 is 0. The summed E-state index contributed by atoms with van der Waals surface area (Å²) in [6.45, 7) is 5.08. The highest BCUT2D eigenvalue weighted by atomic mass is 16.4. The monoisotopic (exact) mass is 328 g/mol. The van der Waals surface area contributed by atoms with E-state index >= 15 is 0 Å². The topological polar surface area (TPSA) is 71.3 Å². The highest BCUT2D eigenvalue weighted by Gasteiger charge is 2.23. The molecule has 1 saturated heterocycles. The van der Waals surface area contributed by atoms with Crippen molar-refractivity contribution in [3.63, 3.8) is 0 Å². The van der Waals surface area contributed by atoms with Gasteiger partial charge in [0.1, 0.15) is 0 Å². The number of likely N-dealkylation sites (N-methyl/N-ethyl adjacent to an activating group) is 1. The van der Waals surface area contributed by atoms with Crippen LogP contribution in [-0.2, 0) is 11.2 Å². The van der Waals surface area contributed by atoms with Gasteiger partial charge in [-0.15, -0.1) is 10.2 Å². The highest BCUT2D eigenvalue weighted by Crippen LogP contribution is 2.18. The fourth-order valence-electron chi connectivity index (χ4n) is 3.14. The third kappa shape index (κ3) is 4.20. The number of aryl methyl sites for hydroxylation is 1. The number of rotatable bonds is 7. The minimum Gasteiger partial charge on any atom is -0.421 e. The quantitative estimate of drug-likeness (QED) is 0.844. The maximum absolute atomic E-state index is 12.0.